The molecule has 0 aliphatic heterocycles. The van der Waals surface area contributed by atoms with Crippen LogP contribution in [0.15, 0.2) is 24.3 Å². The fraction of sp³-hybridized carbons (Fsp3) is 0.375. The number of thiocarbonyl (C=S) groups is 1. The Hall–Kier alpha value is -2.26. The van der Waals surface area contributed by atoms with Crippen LogP contribution in [0.2, 0.25) is 0 Å². The van der Waals surface area contributed by atoms with Gasteiger partial charge in [-0.15, -0.1) is 0 Å². The Bertz CT molecular complexity index is 622. The summed E-state index contributed by atoms with van der Waals surface area (Å²) in [6.45, 7) is 3.35. The summed E-state index contributed by atoms with van der Waals surface area (Å²) in [7, 11) is 0. The Morgan fingerprint density at radius 3 is 2.68 bits per heavy atom. The van der Waals surface area contributed by atoms with Crippen LogP contribution in [-0.4, -0.2) is 33.3 Å². The summed E-state index contributed by atoms with van der Waals surface area (Å²) in [5.74, 6) is -1.18. The number of nitrogens with zero attached hydrogens (tertiary/aromatic N) is 2. The molecular weight excluding hydrogens is 300 g/mol. The lowest BCUT2D eigenvalue weighted by atomic mass is 10.0. The van der Waals surface area contributed by atoms with Crippen molar-refractivity contribution >= 4 is 29.0 Å². The number of hydrogen-bond acceptors (Lipinski definition) is 4. The third-order valence-electron chi connectivity index (χ3n) is 3.08. The zero-order valence-electron chi connectivity index (χ0n) is 12.6. The second-order valence-corrected chi connectivity index (χ2v) is 5.63. The number of carboxylic acid groups (broad SMARTS) is 1. The van der Waals surface area contributed by atoms with Crippen molar-refractivity contribution in [3.8, 4) is 6.07 Å². The second-order valence-electron chi connectivity index (χ2n) is 5.21. The van der Waals surface area contributed by atoms with Crippen LogP contribution in [-0.2, 0) is 16.1 Å². The van der Waals surface area contributed by atoms with Gasteiger partial charge in [0.15, 0.2) is 0 Å². The zero-order valence-corrected chi connectivity index (χ0v) is 13.4. The number of Topliss-reactive ketones (excluding diaryl/α,β-unsaturated/α-hetero) is 1. The maximum atomic E-state index is 11.2. The van der Waals surface area contributed by atoms with Crippen LogP contribution < -0.4 is 0 Å². The molecule has 0 heterocycles. The zero-order chi connectivity index (χ0) is 16.7. The van der Waals surface area contributed by atoms with Crippen LogP contribution >= 0.6 is 12.2 Å². The summed E-state index contributed by atoms with van der Waals surface area (Å²) in [5, 5.41) is 18.0. The molecule has 0 saturated heterocycles. The maximum absolute atomic E-state index is 11.2. The van der Waals surface area contributed by atoms with Crippen molar-refractivity contribution in [3.63, 3.8) is 0 Å². The lowest BCUT2D eigenvalue weighted by molar-refractivity contribution is -0.137. The van der Waals surface area contributed by atoms with E-state index in [9.17, 15) is 9.59 Å². The summed E-state index contributed by atoms with van der Waals surface area (Å²) < 4.78 is 0. The molecule has 0 aromatic heterocycles. The molecule has 6 heteroatoms. The third kappa shape index (κ3) is 5.62. The van der Waals surface area contributed by atoms with E-state index in [0.29, 0.717) is 17.1 Å². The largest absolute Gasteiger partial charge is 0.480 e. The molecule has 0 bridgehead atoms. The fourth-order valence-electron chi connectivity index (χ4n) is 2.16. The van der Waals surface area contributed by atoms with E-state index in [1.54, 1.807) is 23.1 Å². The SMILES string of the molecule is CC(=O)CC(C)C(=S)N(CC(=O)O)Cc1cccc(C#N)c1. The molecule has 5 nitrogen and oxygen atoms in total. The number of benzene rings is 1. The van der Waals surface area contributed by atoms with Gasteiger partial charge in [-0.2, -0.15) is 5.26 Å². The van der Waals surface area contributed by atoms with Gasteiger partial charge in [0, 0.05) is 18.9 Å². The highest BCUT2D eigenvalue weighted by Gasteiger charge is 2.20. The summed E-state index contributed by atoms with van der Waals surface area (Å²) in [6.07, 6.45) is 0.285. The molecule has 1 unspecified atom stereocenters. The molecule has 0 spiro atoms. The average Bonchev–Trinajstić information content (AvgIpc) is 2.44. The van der Waals surface area contributed by atoms with E-state index in [1.807, 2.05) is 19.1 Å². The van der Waals surface area contributed by atoms with Crippen LogP contribution in [0.4, 0.5) is 0 Å². The van der Waals surface area contributed by atoms with Crippen molar-refractivity contribution in [2.24, 2.45) is 5.92 Å². The molecule has 0 fully saturated rings. The third-order valence-corrected chi connectivity index (χ3v) is 3.74. The van der Waals surface area contributed by atoms with E-state index in [2.05, 4.69) is 0 Å². The minimum absolute atomic E-state index is 0.0107. The van der Waals surface area contributed by atoms with Crippen molar-refractivity contribution < 1.29 is 14.7 Å². The first kappa shape index (κ1) is 17.8. The molecule has 0 aliphatic rings. The van der Waals surface area contributed by atoms with E-state index in [-0.39, 0.29) is 24.7 Å². The molecule has 0 saturated carbocycles. The van der Waals surface area contributed by atoms with Gasteiger partial charge in [0.25, 0.3) is 0 Å². The van der Waals surface area contributed by atoms with Crippen molar-refractivity contribution in [2.75, 3.05) is 6.54 Å². The number of carbonyl (C=O) groups is 2. The average molecular weight is 318 g/mol. The van der Waals surface area contributed by atoms with Gasteiger partial charge in [-0.25, -0.2) is 0 Å². The summed E-state index contributed by atoms with van der Waals surface area (Å²) >= 11 is 5.34. The molecular formula is C16H18N2O3S. The molecule has 1 aromatic rings. The lowest BCUT2D eigenvalue weighted by Crippen LogP contribution is -2.37. The highest BCUT2D eigenvalue weighted by molar-refractivity contribution is 7.80. The van der Waals surface area contributed by atoms with Gasteiger partial charge in [-0.3, -0.25) is 4.79 Å². The van der Waals surface area contributed by atoms with E-state index in [1.165, 1.54) is 6.92 Å². The smallest absolute Gasteiger partial charge is 0.323 e. The van der Waals surface area contributed by atoms with Gasteiger partial charge in [0.1, 0.15) is 12.3 Å². The van der Waals surface area contributed by atoms with Gasteiger partial charge < -0.3 is 14.8 Å². The summed E-state index contributed by atoms with van der Waals surface area (Å²) in [4.78, 5) is 24.3. The maximum Gasteiger partial charge on any atom is 0.323 e. The molecule has 116 valence electrons. The minimum atomic E-state index is -0.992. The second kappa shape index (κ2) is 8.25. The topological polar surface area (TPSA) is 81.4 Å². The predicted molar refractivity (Wildman–Crippen MR) is 86.3 cm³/mol. The van der Waals surface area contributed by atoms with E-state index in [4.69, 9.17) is 22.6 Å². The standard InChI is InChI=1S/C16H18N2O3S/c1-11(6-12(2)19)16(22)18(10-15(20)21)9-14-5-3-4-13(7-14)8-17/h3-5,7,11H,6,9-10H2,1-2H3,(H,20,21). The molecule has 1 atom stereocenters. The normalized spacial score (nSPS) is 11.3. The Morgan fingerprint density at radius 1 is 1.45 bits per heavy atom. The van der Waals surface area contributed by atoms with Gasteiger partial charge >= 0.3 is 5.97 Å². The van der Waals surface area contributed by atoms with E-state index in [0.717, 1.165) is 5.56 Å². The van der Waals surface area contributed by atoms with Crippen LogP contribution in [0.5, 0.6) is 0 Å². The van der Waals surface area contributed by atoms with Crippen LogP contribution in [0.3, 0.4) is 0 Å². The van der Waals surface area contributed by atoms with Crippen molar-refractivity contribution in [2.45, 2.75) is 26.8 Å². The van der Waals surface area contributed by atoms with Crippen molar-refractivity contribution in [3.05, 3.63) is 35.4 Å². The highest BCUT2D eigenvalue weighted by Crippen LogP contribution is 2.14. The lowest BCUT2D eigenvalue weighted by Gasteiger charge is -2.27. The van der Waals surface area contributed by atoms with Gasteiger partial charge in [0.2, 0.25) is 0 Å². The van der Waals surface area contributed by atoms with Crippen LogP contribution in [0.25, 0.3) is 0 Å². The number of carboxylic acids is 1. The number of hydrogen-bond donors (Lipinski definition) is 1. The van der Waals surface area contributed by atoms with E-state index < -0.39 is 5.97 Å². The molecule has 0 radical (unpaired) electrons. The molecule has 1 N–H and O–H groups in total. The summed E-state index contributed by atoms with van der Waals surface area (Å²) in [6, 6.07) is 8.99. The van der Waals surface area contributed by atoms with Crippen LogP contribution in [0, 0.1) is 17.2 Å². The first-order valence-corrected chi connectivity index (χ1v) is 7.23. The van der Waals surface area contributed by atoms with E-state index >= 15 is 0 Å². The Morgan fingerprint density at radius 2 is 2.14 bits per heavy atom. The molecule has 0 aliphatic carbocycles. The summed E-state index contributed by atoms with van der Waals surface area (Å²) in [5.41, 5.74) is 1.31. The quantitative estimate of drug-likeness (QED) is 0.777. The van der Waals surface area contributed by atoms with Crippen molar-refractivity contribution in [1.82, 2.24) is 4.90 Å². The number of carbonyl (C=O) groups excluding carboxylic acids is 1. The van der Waals surface area contributed by atoms with Crippen LogP contribution in [0.1, 0.15) is 31.4 Å². The number of aliphatic carboxylic acids is 1. The molecule has 1 rings (SSSR count). The molecule has 1 aromatic carbocycles. The Balaban J connectivity index is 2.92. The number of nitriles is 1. The Labute approximate surface area is 135 Å². The monoisotopic (exact) mass is 318 g/mol. The fourth-order valence-corrected chi connectivity index (χ4v) is 2.38. The highest BCUT2D eigenvalue weighted by atomic mass is 32.1. The Kier molecular flexibility index (Phi) is 6.67. The number of ketones is 1. The van der Waals surface area contributed by atoms with Gasteiger partial charge in [0.05, 0.1) is 16.6 Å². The number of rotatable bonds is 7. The van der Waals surface area contributed by atoms with Gasteiger partial charge in [-0.1, -0.05) is 31.3 Å². The van der Waals surface area contributed by atoms with Gasteiger partial charge in [-0.05, 0) is 24.6 Å². The minimum Gasteiger partial charge on any atom is -0.480 e. The first-order valence-electron chi connectivity index (χ1n) is 6.82. The molecule has 22 heavy (non-hydrogen) atoms. The molecule has 0 amide bonds. The van der Waals surface area contributed by atoms with Crippen molar-refractivity contribution in [1.29, 1.82) is 5.26 Å². The first-order chi connectivity index (χ1) is 10.3. The predicted octanol–water partition coefficient (Wildman–Crippen LogP) is 2.39.